The Balaban J connectivity index is 1.74. The third kappa shape index (κ3) is 2.87. The van der Waals surface area contributed by atoms with Gasteiger partial charge >= 0.3 is 0 Å². The number of piperidine rings is 1. The average molecular weight is 297 g/mol. The van der Waals surface area contributed by atoms with Gasteiger partial charge in [-0.1, -0.05) is 18.0 Å². The van der Waals surface area contributed by atoms with Crippen LogP contribution in [0.3, 0.4) is 0 Å². The minimum absolute atomic E-state index is 0.262. The molecule has 1 saturated heterocycles. The number of fused-ring (bicyclic) bond motifs is 1. The zero-order chi connectivity index (χ0) is 13.9. The number of benzene rings is 1. The van der Waals surface area contributed by atoms with E-state index in [0.717, 1.165) is 31.8 Å². The summed E-state index contributed by atoms with van der Waals surface area (Å²) in [5.41, 5.74) is 6.91. The Morgan fingerprint density at radius 2 is 2.20 bits per heavy atom. The highest BCUT2D eigenvalue weighted by atomic mass is 35.5. The smallest absolute Gasteiger partial charge is 0.231 e. The van der Waals surface area contributed by atoms with Crippen molar-refractivity contribution in [3.05, 3.63) is 22.7 Å². The van der Waals surface area contributed by atoms with E-state index in [4.69, 9.17) is 26.8 Å². The van der Waals surface area contributed by atoms with Crippen LogP contribution >= 0.6 is 11.6 Å². The molecule has 20 heavy (non-hydrogen) atoms. The zero-order valence-electron chi connectivity index (χ0n) is 11.6. The van der Waals surface area contributed by atoms with Gasteiger partial charge < -0.3 is 15.2 Å². The van der Waals surface area contributed by atoms with Crippen LogP contribution in [0.25, 0.3) is 0 Å². The quantitative estimate of drug-likeness (QED) is 0.928. The molecule has 0 radical (unpaired) electrons. The topological polar surface area (TPSA) is 47.7 Å². The summed E-state index contributed by atoms with van der Waals surface area (Å²) in [5, 5.41) is 0.641. The van der Waals surface area contributed by atoms with Gasteiger partial charge in [0.2, 0.25) is 6.79 Å². The number of hydrogen-bond acceptors (Lipinski definition) is 4. The number of likely N-dealkylation sites (tertiary alicyclic amines) is 1. The Hall–Kier alpha value is -0.970. The maximum absolute atomic E-state index is 6.25. The molecule has 2 aliphatic heterocycles. The summed E-state index contributed by atoms with van der Waals surface area (Å²) < 4.78 is 10.8. The molecule has 0 amide bonds. The fourth-order valence-corrected chi connectivity index (χ4v) is 3.42. The molecule has 110 valence electrons. The van der Waals surface area contributed by atoms with E-state index in [0.29, 0.717) is 16.8 Å². The molecule has 5 heteroatoms. The molecule has 4 nitrogen and oxygen atoms in total. The average Bonchev–Trinajstić information content (AvgIpc) is 2.90. The minimum Gasteiger partial charge on any atom is -0.454 e. The highest BCUT2D eigenvalue weighted by Crippen LogP contribution is 2.40. The standard InChI is InChI=1S/C15H21ClN2O2/c16-13-7-11(8-14-15(13)20-10-19-14)9-18-6-2-1-3-12(18)4-5-17/h7-8,12H,1-6,9-10,17H2. The van der Waals surface area contributed by atoms with Gasteiger partial charge in [0.25, 0.3) is 0 Å². The molecule has 2 N–H and O–H groups in total. The molecular formula is C15H21ClN2O2. The largest absolute Gasteiger partial charge is 0.454 e. The van der Waals surface area contributed by atoms with Gasteiger partial charge in [0.1, 0.15) is 0 Å². The lowest BCUT2D eigenvalue weighted by atomic mass is 9.98. The highest BCUT2D eigenvalue weighted by molar-refractivity contribution is 6.32. The van der Waals surface area contributed by atoms with Crippen molar-refractivity contribution in [2.45, 2.75) is 38.3 Å². The number of nitrogens with two attached hydrogens (primary N) is 1. The maximum atomic E-state index is 6.25. The maximum Gasteiger partial charge on any atom is 0.231 e. The van der Waals surface area contributed by atoms with Crippen molar-refractivity contribution < 1.29 is 9.47 Å². The van der Waals surface area contributed by atoms with Crippen molar-refractivity contribution in [2.75, 3.05) is 19.9 Å². The van der Waals surface area contributed by atoms with Crippen LogP contribution in [0.15, 0.2) is 12.1 Å². The van der Waals surface area contributed by atoms with Gasteiger partial charge in [0.15, 0.2) is 11.5 Å². The molecule has 0 bridgehead atoms. The molecule has 1 fully saturated rings. The van der Waals surface area contributed by atoms with Crippen LogP contribution in [-0.4, -0.2) is 30.8 Å². The molecule has 1 unspecified atom stereocenters. The number of rotatable bonds is 4. The van der Waals surface area contributed by atoms with Crippen LogP contribution < -0.4 is 15.2 Å². The van der Waals surface area contributed by atoms with Gasteiger partial charge in [-0.3, -0.25) is 4.90 Å². The number of nitrogens with zero attached hydrogens (tertiary/aromatic N) is 1. The van der Waals surface area contributed by atoms with Crippen LogP contribution in [0.4, 0.5) is 0 Å². The molecule has 3 rings (SSSR count). The second-order valence-electron chi connectivity index (χ2n) is 5.51. The summed E-state index contributed by atoms with van der Waals surface area (Å²) in [7, 11) is 0. The Morgan fingerprint density at radius 3 is 3.05 bits per heavy atom. The second kappa shape index (κ2) is 6.20. The Kier molecular flexibility index (Phi) is 4.34. The molecule has 2 heterocycles. The molecule has 0 aliphatic carbocycles. The first kappa shape index (κ1) is 14.0. The number of hydrogen-bond donors (Lipinski definition) is 1. The summed E-state index contributed by atoms with van der Waals surface area (Å²) >= 11 is 6.25. The zero-order valence-corrected chi connectivity index (χ0v) is 12.4. The van der Waals surface area contributed by atoms with Gasteiger partial charge in [-0.05, 0) is 50.0 Å². The van der Waals surface area contributed by atoms with E-state index in [1.807, 2.05) is 12.1 Å². The van der Waals surface area contributed by atoms with Crippen molar-refractivity contribution in [1.82, 2.24) is 4.90 Å². The number of halogens is 1. The predicted octanol–water partition coefficient (Wildman–Crippen LogP) is 2.77. The van der Waals surface area contributed by atoms with Gasteiger partial charge in [-0.15, -0.1) is 0 Å². The van der Waals surface area contributed by atoms with Crippen LogP contribution in [0.1, 0.15) is 31.2 Å². The van der Waals surface area contributed by atoms with Gasteiger partial charge in [-0.25, -0.2) is 0 Å². The van der Waals surface area contributed by atoms with Crippen LogP contribution in [0.5, 0.6) is 11.5 Å². The van der Waals surface area contributed by atoms with Gasteiger partial charge in [0.05, 0.1) is 5.02 Å². The minimum atomic E-state index is 0.262. The van der Waals surface area contributed by atoms with Crippen molar-refractivity contribution in [3.63, 3.8) is 0 Å². The summed E-state index contributed by atoms with van der Waals surface area (Å²) in [6.45, 7) is 3.05. The normalized spacial score (nSPS) is 22.2. The molecule has 1 atom stereocenters. The lowest BCUT2D eigenvalue weighted by molar-refractivity contribution is 0.134. The first-order valence-corrected chi connectivity index (χ1v) is 7.68. The van der Waals surface area contributed by atoms with Crippen molar-refractivity contribution in [1.29, 1.82) is 0 Å². The first-order valence-electron chi connectivity index (χ1n) is 7.30. The van der Waals surface area contributed by atoms with Crippen LogP contribution in [0.2, 0.25) is 5.02 Å². The van der Waals surface area contributed by atoms with E-state index in [9.17, 15) is 0 Å². The van der Waals surface area contributed by atoms with Crippen molar-refractivity contribution >= 4 is 11.6 Å². The molecule has 0 aromatic heterocycles. The lowest BCUT2D eigenvalue weighted by Gasteiger charge is -2.35. The number of ether oxygens (including phenoxy) is 2. The van der Waals surface area contributed by atoms with E-state index in [1.165, 1.54) is 24.8 Å². The third-order valence-corrected chi connectivity index (χ3v) is 4.40. The molecule has 1 aromatic rings. The lowest BCUT2D eigenvalue weighted by Crippen LogP contribution is -2.40. The van der Waals surface area contributed by atoms with Crippen LogP contribution in [0, 0.1) is 0 Å². The molecule has 2 aliphatic rings. The Labute approximate surface area is 124 Å². The summed E-state index contributed by atoms with van der Waals surface area (Å²) in [4.78, 5) is 2.52. The van der Waals surface area contributed by atoms with E-state index in [1.54, 1.807) is 0 Å². The summed E-state index contributed by atoms with van der Waals surface area (Å²) in [5.74, 6) is 1.44. The van der Waals surface area contributed by atoms with Crippen molar-refractivity contribution in [2.24, 2.45) is 5.73 Å². The molecule has 0 spiro atoms. The predicted molar refractivity (Wildman–Crippen MR) is 79.3 cm³/mol. The van der Waals surface area contributed by atoms with Gasteiger partial charge in [0, 0.05) is 12.6 Å². The Bertz CT molecular complexity index is 479. The van der Waals surface area contributed by atoms with Crippen molar-refractivity contribution in [3.8, 4) is 11.5 Å². The highest BCUT2D eigenvalue weighted by Gasteiger charge is 2.24. The molecule has 1 aromatic carbocycles. The van der Waals surface area contributed by atoms with E-state index < -0.39 is 0 Å². The SMILES string of the molecule is NCCC1CCCCN1Cc1cc(Cl)c2c(c1)OCO2. The molecular weight excluding hydrogens is 276 g/mol. The second-order valence-corrected chi connectivity index (χ2v) is 5.92. The molecule has 0 saturated carbocycles. The van der Waals surface area contributed by atoms with E-state index in [-0.39, 0.29) is 6.79 Å². The van der Waals surface area contributed by atoms with E-state index in [2.05, 4.69) is 4.90 Å². The van der Waals surface area contributed by atoms with Crippen LogP contribution in [-0.2, 0) is 6.54 Å². The summed E-state index contributed by atoms with van der Waals surface area (Å²) in [6, 6.07) is 4.63. The monoisotopic (exact) mass is 296 g/mol. The fraction of sp³-hybridized carbons (Fsp3) is 0.600. The van der Waals surface area contributed by atoms with E-state index >= 15 is 0 Å². The third-order valence-electron chi connectivity index (χ3n) is 4.12. The summed E-state index contributed by atoms with van der Waals surface area (Å²) in [6.07, 6.45) is 4.89. The fourth-order valence-electron chi connectivity index (χ4n) is 3.13. The first-order chi connectivity index (χ1) is 9.78. The Morgan fingerprint density at radius 1 is 1.30 bits per heavy atom. The van der Waals surface area contributed by atoms with Gasteiger partial charge in [-0.2, -0.15) is 0 Å².